The van der Waals surface area contributed by atoms with Crippen molar-refractivity contribution >= 4 is 17.5 Å². The fourth-order valence-electron chi connectivity index (χ4n) is 2.46. The van der Waals surface area contributed by atoms with E-state index in [2.05, 4.69) is 10.6 Å². The van der Waals surface area contributed by atoms with Crippen LogP contribution >= 0.6 is 0 Å². The summed E-state index contributed by atoms with van der Waals surface area (Å²) < 4.78 is 0. The van der Waals surface area contributed by atoms with E-state index < -0.39 is 6.04 Å². The van der Waals surface area contributed by atoms with E-state index in [1.807, 2.05) is 30.3 Å². The molecule has 0 radical (unpaired) electrons. The standard InChI is InChI=1S/C19H20N2O3/c22-12-17(13-4-2-1-3-5-13)21-19(24)15-8-10-16(11-9-15)20-18(23)14-6-7-14/h1-5,8-11,14,17,22H,6-7,12H2,(H,20,23)(H,21,24). The van der Waals surface area contributed by atoms with Gasteiger partial charge in [-0.1, -0.05) is 30.3 Å². The minimum absolute atomic E-state index is 0.0385. The van der Waals surface area contributed by atoms with Gasteiger partial charge in [0.05, 0.1) is 12.6 Å². The lowest BCUT2D eigenvalue weighted by atomic mass is 10.1. The minimum atomic E-state index is -0.451. The zero-order valence-electron chi connectivity index (χ0n) is 13.2. The average molecular weight is 324 g/mol. The lowest BCUT2D eigenvalue weighted by molar-refractivity contribution is -0.117. The van der Waals surface area contributed by atoms with Crippen LogP contribution in [0.2, 0.25) is 0 Å². The molecule has 5 nitrogen and oxygen atoms in total. The molecule has 2 aromatic carbocycles. The van der Waals surface area contributed by atoms with Crippen molar-refractivity contribution in [2.45, 2.75) is 18.9 Å². The summed E-state index contributed by atoms with van der Waals surface area (Å²) in [6, 6.07) is 15.6. The number of benzene rings is 2. The summed E-state index contributed by atoms with van der Waals surface area (Å²) in [6.45, 7) is -0.175. The van der Waals surface area contributed by atoms with Gasteiger partial charge in [-0.2, -0.15) is 0 Å². The maximum atomic E-state index is 12.3. The predicted octanol–water partition coefficient (Wildman–Crippen LogP) is 2.50. The van der Waals surface area contributed by atoms with Gasteiger partial charge >= 0.3 is 0 Å². The number of nitrogens with one attached hydrogen (secondary N) is 2. The van der Waals surface area contributed by atoms with Gasteiger partial charge in [-0.3, -0.25) is 9.59 Å². The number of amides is 2. The maximum Gasteiger partial charge on any atom is 0.251 e. The van der Waals surface area contributed by atoms with Gasteiger partial charge in [0.25, 0.3) is 5.91 Å². The largest absolute Gasteiger partial charge is 0.394 e. The second-order valence-electron chi connectivity index (χ2n) is 5.96. The molecule has 2 aromatic rings. The van der Waals surface area contributed by atoms with Crippen molar-refractivity contribution in [3.63, 3.8) is 0 Å². The highest BCUT2D eigenvalue weighted by Gasteiger charge is 2.29. The molecule has 1 atom stereocenters. The molecule has 1 aliphatic rings. The third kappa shape index (κ3) is 4.00. The van der Waals surface area contributed by atoms with Crippen molar-refractivity contribution in [3.8, 4) is 0 Å². The van der Waals surface area contributed by atoms with E-state index in [-0.39, 0.29) is 24.3 Å². The van der Waals surface area contributed by atoms with E-state index in [1.165, 1.54) is 0 Å². The number of aliphatic hydroxyl groups is 1. The Morgan fingerprint density at radius 1 is 1.04 bits per heavy atom. The molecule has 24 heavy (non-hydrogen) atoms. The molecule has 0 saturated heterocycles. The van der Waals surface area contributed by atoms with Crippen LogP contribution in [-0.2, 0) is 4.79 Å². The van der Waals surface area contributed by atoms with Gasteiger partial charge < -0.3 is 15.7 Å². The van der Waals surface area contributed by atoms with Gasteiger partial charge in [-0.15, -0.1) is 0 Å². The van der Waals surface area contributed by atoms with Crippen LogP contribution in [-0.4, -0.2) is 23.5 Å². The average Bonchev–Trinajstić information content (AvgIpc) is 3.46. The van der Waals surface area contributed by atoms with E-state index in [0.717, 1.165) is 18.4 Å². The van der Waals surface area contributed by atoms with Crippen LogP contribution in [0.3, 0.4) is 0 Å². The Kier molecular flexibility index (Phi) is 4.91. The summed E-state index contributed by atoms with van der Waals surface area (Å²) in [7, 11) is 0. The Balaban J connectivity index is 1.62. The van der Waals surface area contributed by atoms with Gasteiger partial charge in [-0.05, 0) is 42.7 Å². The van der Waals surface area contributed by atoms with Crippen molar-refractivity contribution in [1.29, 1.82) is 0 Å². The topological polar surface area (TPSA) is 78.4 Å². The first kappa shape index (κ1) is 16.2. The summed E-state index contributed by atoms with van der Waals surface area (Å²) in [4.78, 5) is 24.0. The van der Waals surface area contributed by atoms with Crippen LogP contribution in [0.15, 0.2) is 54.6 Å². The molecule has 0 aromatic heterocycles. The van der Waals surface area contributed by atoms with Crippen molar-refractivity contribution in [2.75, 3.05) is 11.9 Å². The highest BCUT2D eigenvalue weighted by atomic mass is 16.3. The summed E-state index contributed by atoms with van der Waals surface area (Å²) >= 11 is 0. The fraction of sp³-hybridized carbons (Fsp3) is 0.263. The van der Waals surface area contributed by atoms with E-state index >= 15 is 0 Å². The Labute approximate surface area is 140 Å². The third-order valence-corrected chi connectivity index (χ3v) is 4.05. The van der Waals surface area contributed by atoms with E-state index in [1.54, 1.807) is 24.3 Å². The van der Waals surface area contributed by atoms with Gasteiger partial charge in [0.1, 0.15) is 0 Å². The van der Waals surface area contributed by atoms with Crippen LogP contribution in [0.1, 0.15) is 34.8 Å². The van der Waals surface area contributed by atoms with Gasteiger partial charge in [-0.25, -0.2) is 0 Å². The molecule has 1 saturated carbocycles. The fourth-order valence-corrected chi connectivity index (χ4v) is 2.46. The van der Waals surface area contributed by atoms with Crippen LogP contribution in [0.5, 0.6) is 0 Å². The Morgan fingerprint density at radius 3 is 2.29 bits per heavy atom. The molecule has 1 fully saturated rings. The maximum absolute atomic E-state index is 12.3. The number of carbonyl (C=O) groups excluding carboxylic acids is 2. The Morgan fingerprint density at radius 2 is 1.71 bits per heavy atom. The highest BCUT2D eigenvalue weighted by molar-refractivity contribution is 5.97. The highest BCUT2D eigenvalue weighted by Crippen LogP contribution is 2.30. The van der Waals surface area contributed by atoms with Crippen LogP contribution in [0.25, 0.3) is 0 Å². The summed E-state index contributed by atoms with van der Waals surface area (Å²) in [5.41, 5.74) is 2.01. The van der Waals surface area contributed by atoms with Gasteiger partial charge in [0, 0.05) is 17.2 Å². The second-order valence-corrected chi connectivity index (χ2v) is 5.96. The molecule has 0 bridgehead atoms. The molecule has 2 amide bonds. The molecule has 0 aliphatic heterocycles. The van der Waals surface area contributed by atoms with Crippen LogP contribution in [0, 0.1) is 5.92 Å². The molecular weight excluding hydrogens is 304 g/mol. The third-order valence-electron chi connectivity index (χ3n) is 4.05. The summed E-state index contributed by atoms with van der Waals surface area (Å²) in [6.07, 6.45) is 1.91. The smallest absolute Gasteiger partial charge is 0.251 e. The van der Waals surface area contributed by atoms with Crippen molar-refractivity contribution in [3.05, 3.63) is 65.7 Å². The number of aliphatic hydroxyl groups excluding tert-OH is 1. The zero-order chi connectivity index (χ0) is 16.9. The predicted molar refractivity (Wildman–Crippen MR) is 91.5 cm³/mol. The SMILES string of the molecule is O=C(NC(CO)c1ccccc1)c1ccc(NC(=O)C2CC2)cc1. The number of hydrogen-bond acceptors (Lipinski definition) is 3. The number of rotatable bonds is 6. The lowest BCUT2D eigenvalue weighted by Gasteiger charge is -2.17. The summed E-state index contributed by atoms with van der Waals surface area (Å²) in [5.74, 6) is -0.0845. The minimum Gasteiger partial charge on any atom is -0.394 e. The van der Waals surface area contributed by atoms with Crippen molar-refractivity contribution in [2.24, 2.45) is 5.92 Å². The lowest BCUT2D eigenvalue weighted by Crippen LogP contribution is -2.30. The first-order chi connectivity index (χ1) is 11.7. The number of carbonyl (C=O) groups is 2. The molecule has 124 valence electrons. The normalized spacial score (nSPS) is 14.7. The quantitative estimate of drug-likeness (QED) is 0.764. The van der Waals surface area contributed by atoms with E-state index in [4.69, 9.17) is 0 Å². The molecule has 0 spiro atoms. The van der Waals surface area contributed by atoms with Crippen LogP contribution in [0.4, 0.5) is 5.69 Å². The molecule has 0 heterocycles. The molecule has 1 unspecified atom stereocenters. The summed E-state index contributed by atoms with van der Waals surface area (Å²) in [5, 5.41) is 15.2. The molecular formula is C19H20N2O3. The Bertz CT molecular complexity index is 709. The monoisotopic (exact) mass is 324 g/mol. The molecule has 5 heteroatoms. The molecule has 1 aliphatic carbocycles. The zero-order valence-corrected chi connectivity index (χ0v) is 13.2. The van der Waals surface area contributed by atoms with Gasteiger partial charge in [0.2, 0.25) is 5.91 Å². The first-order valence-corrected chi connectivity index (χ1v) is 8.05. The van der Waals surface area contributed by atoms with Gasteiger partial charge in [0.15, 0.2) is 0 Å². The van der Waals surface area contributed by atoms with E-state index in [9.17, 15) is 14.7 Å². The number of hydrogen-bond donors (Lipinski definition) is 3. The van der Waals surface area contributed by atoms with Crippen LogP contribution < -0.4 is 10.6 Å². The molecule has 3 N–H and O–H groups in total. The first-order valence-electron chi connectivity index (χ1n) is 8.05. The second kappa shape index (κ2) is 7.27. The van der Waals surface area contributed by atoms with Crippen molar-refractivity contribution in [1.82, 2.24) is 5.32 Å². The number of anilines is 1. The van der Waals surface area contributed by atoms with E-state index in [0.29, 0.717) is 11.3 Å². The van der Waals surface area contributed by atoms with Crippen molar-refractivity contribution < 1.29 is 14.7 Å². The molecule has 3 rings (SSSR count). The Hall–Kier alpha value is -2.66.